The van der Waals surface area contributed by atoms with Crippen molar-refractivity contribution in [3.05, 3.63) is 69.8 Å². The largest absolute Gasteiger partial charge is 0.295 e. The van der Waals surface area contributed by atoms with Crippen LogP contribution in [0, 0.1) is 0 Å². The smallest absolute Gasteiger partial charge is 0.160 e. The third-order valence-electron chi connectivity index (χ3n) is 6.84. The van der Waals surface area contributed by atoms with Crippen LogP contribution >= 0.6 is 0 Å². The minimum atomic E-state index is 0.220. The number of hydrogen-bond acceptors (Lipinski definition) is 1. The van der Waals surface area contributed by atoms with Crippen LogP contribution in [0.3, 0.4) is 0 Å². The van der Waals surface area contributed by atoms with Gasteiger partial charge in [-0.3, -0.25) is 4.79 Å². The van der Waals surface area contributed by atoms with Gasteiger partial charge in [0.05, 0.1) is 0 Å². The molecule has 0 heterocycles. The van der Waals surface area contributed by atoms with Crippen molar-refractivity contribution >= 4 is 5.78 Å². The van der Waals surface area contributed by atoms with Crippen LogP contribution in [0.15, 0.2) is 36.4 Å². The van der Waals surface area contributed by atoms with Gasteiger partial charge < -0.3 is 0 Å². The minimum absolute atomic E-state index is 0.220. The quantitative estimate of drug-likeness (QED) is 0.484. The highest BCUT2D eigenvalue weighted by Gasteiger charge is 2.32. The number of carbonyl (C=O) groups is 1. The lowest BCUT2D eigenvalue weighted by atomic mass is 9.80. The van der Waals surface area contributed by atoms with Crippen LogP contribution in [-0.2, 0) is 0 Å². The van der Waals surface area contributed by atoms with Crippen LogP contribution in [-0.4, -0.2) is 5.78 Å². The van der Waals surface area contributed by atoms with Gasteiger partial charge >= 0.3 is 0 Å². The third-order valence-corrected chi connectivity index (χ3v) is 6.84. The van der Waals surface area contributed by atoms with E-state index in [4.69, 9.17) is 0 Å². The maximum Gasteiger partial charge on any atom is 0.160 e. The molecular formula is C26H30O. The van der Waals surface area contributed by atoms with Crippen LogP contribution in [0.5, 0.6) is 0 Å². The van der Waals surface area contributed by atoms with Gasteiger partial charge in [-0.2, -0.15) is 0 Å². The standard InChI is InChI=1S/C26H30O/c1-3-22(24-13-11-20(17-4-5-17)14-25(24)16(2)27)26-15-21(18-6-7-18)10-12-23(26)19-8-9-19/h10-15,17-19,22H,3-9H2,1-2H3. The van der Waals surface area contributed by atoms with Crippen molar-refractivity contribution < 1.29 is 4.79 Å². The summed E-state index contributed by atoms with van der Waals surface area (Å²) in [5, 5.41) is 0. The Bertz CT molecular complexity index is 881. The molecule has 140 valence electrons. The second-order valence-corrected chi connectivity index (χ2v) is 9.07. The van der Waals surface area contributed by atoms with Crippen molar-refractivity contribution in [2.45, 2.75) is 82.5 Å². The Morgan fingerprint density at radius 3 is 2.00 bits per heavy atom. The first-order valence-electron chi connectivity index (χ1n) is 10.9. The van der Waals surface area contributed by atoms with Gasteiger partial charge in [0.1, 0.15) is 0 Å². The molecule has 1 nitrogen and oxygen atoms in total. The van der Waals surface area contributed by atoms with Crippen LogP contribution in [0.25, 0.3) is 0 Å². The van der Waals surface area contributed by atoms with Crippen molar-refractivity contribution in [1.29, 1.82) is 0 Å². The molecule has 1 unspecified atom stereocenters. The van der Waals surface area contributed by atoms with E-state index in [1.54, 1.807) is 12.5 Å². The molecule has 2 aromatic rings. The monoisotopic (exact) mass is 358 g/mol. The molecule has 2 aromatic carbocycles. The van der Waals surface area contributed by atoms with Crippen LogP contribution in [0.2, 0.25) is 0 Å². The van der Waals surface area contributed by atoms with E-state index in [2.05, 4.69) is 43.3 Å². The molecule has 27 heavy (non-hydrogen) atoms. The first-order valence-corrected chi connectivity index (χ1v) is 10.9. The Kier molecular flexibility index (Phi) is 4.22. The van der Waals surface area contributed by atoms with E-state index < -0.39 is 0 Å². The molecule has 0 amide bonds. The molecule has 0 aromatic heterocycles. The fraction of sp³-hybridized carbons (Fsp3) is 0.500. The van der Waals surface area contributed by atoms with E-state index in [0.29, 0.717) is 11.8 Å². The molecule has 3 saturated carbocycles. The lowest BCUT2D eigenvalue weighted by Crippen LogP contribution is -2.10. The zero-order chi connectivity index (χ0) is 18.5. The Morgan fingerprint density at radius 1 is 0.852 bits per heavy atom. The Hall–Kier alpha value is -1.89. The first kappa shape index (κ1) is 17.2. The molecule has 0 radical (unpaired) electrons. The molecule has 5 rings (SSSR count). The average Bonchev–Trinajstić information content (AvgIpc) is 3.53. The van der Waals surface area contributed by atoms with Gasteiger partial charge in [0.25, 0.3) is 0 Å². The summed E-state index contributed by atoms with van der Waals surface area (Å²) in [6.45, 7) is 4.02. The van der Waals surface area contributed by atoms with Gasteiger partial charge in [-0.05, 0) is 104 Å². The zero-order valence-corrected chi connectivity index (χ0v) is 16.6. The first-order chi connectivity index (χ1) is 13.2. The highest BCUT2D eigenvalue weighted by atomic mass is 16.1. The number of hydrogen-bond donors (Lipinski definition) is 0. The second-order valence-electron chi connectivity index (χ2n) is 9.07. The van der Waals surface area contributed by atoms with Crippen molar-refractivity contribution in [1.82, 2.24) is 0 Å². The lowest BCUT2D eigenvalue weighted by molar-refractivity contribution is 0.101. The van der Waals surface area contributed by atoms with E-state index in [0.717, 1.165) is 23.8 Å². The molecule has 3 aliphatic carbocycles. The molecule has 3 aliphatic rings. The number of ketones is 1. The summed E-state index contributed by atoms with van der Waals surface area (Å²) >= 11 is 0. The minimum Gasteiger partial charge on any atom is -0.295 e. The highest BCUT2D eigenvalue weighted by Crippen LogP contribution is 2.49. The fourth-order valence-corrected chi connectivity index (χ4v) is 4.79. The fourth-order valence-electron chi connectivity index (χ4n) is 4.79. The van der Waals surface area contributed by atoms with Gasteiger partial charge in [-0.15, -0.1) is 0 Å². The third kappa shape index (κ3) is 3.37. The van der Waals surface area contributed by atoms with Gasteiger partial charge in [-0.25, -0.2) is 0 Å². The van der Waals surface area contributed by atoms with Crippen molar-refractivity contribution in [3.63, 3.8) is 0 Å². The number of benzene rings is 2. The summed E-state index contributed by atoms with van der Waals surface area (Å²) in [6.07, 6.45) is 8.95. The number of carbonyl (C=O) groups excluding carboxylic acids is 1. The summed E-state index contributed by atoms with van der Waals surface area (Å²) in [6, 6.07) is 14.1. The number of rotatable bonds is 7. The SMILES string of the molecule is CCC(c1ccc(C2CC2)cc1C(C)=O)c1cc(C2CC2)ccc1C1CC1. The zero-order valence-electron chi connectivity index (χ0n) is 16.6. The summed E-state index contributed by atoms with van der Waals surface area (Å²) in [5.74, 6) is 2.77. The van der Waals surface area contributed by atoms with Gasteiger partial charge in [-0.1, -0.05) is 37.3 Å². The molecule has 0 aliphatic heterocycles. The summed E-state index contributed by atoms with van der Waals surface area (Å²) in [5.41, 5.74) is 8.16. The molecule has 0 N–H and O–H groups in total. The maximum atomic E-state index is 12.5. The van der Waals surface area contributed by atoms with E-state index in [1.807, 2.05) is 0 Å². The molecule has 0 bridgehead atoms. The predicted octanol–water partition coefficient (Wildman–Crippen LogP) is 7.06. The summed E-state index contributed by atoms with van der Waals surface area (Å²) in [4.78, 5) is 12.5. The van der Waals surface area contributed by atoms with Gasteiger partial charge in [0, 0.05) is 11.5 Å². The van der Waals surface area contributed by atoms with Crippen molar-refractivity contribution in [2.75, 3.05) is 0 Å². The van der Waals surface area contributed by atoms with Gasteiger partial charge in [0.2, 0.25) is 0 Å². The predicted molar refractivity (Wildman–Crippen MR) is 111 cm³/mol. The van der Waals surface area contributed by atoms with Crippen LogP contribution in [0.1, 0.15) is 121 Å². The Morgan fingerprint density at radius 2 is 1.44 bits per heavy atom. The second kappa shape index (κ2) is 6.62. The normalized spacial score (nSPS) is 20.5. The van der Waals surface area contributed by atoms with Crippen LogP contribution < -0.4 is 0 Å². The van der Waals surface area contributed by atoms with Gasteiger partial charge in [0.15, 0.2) is 5.78 Å². The molecule has 3 fully saturated rings. The van der Waals surface area contributed by atoms with E-state index in [-0.39, 0.29) is 5.78 Å². The Labute approximate surface area is 163 Å². The molecular weight excluding hydrogens is 328 g/mol. The molecule has 1 heteroatoms. The molecule has 0 spiro atoms. The summed E-state index contributed by atoms with van der Waals surface area (Å²) < 4.78 is 0. The maximum absolute atomic E-state index is 12.5. The van der Waals surface area contributed by atoms with E-state index >= 15 is 0 Å². The van der Waals surface area contributed by atoms with Crippen LogP contribution in [0.4, 0.5) is 0 Å². The molecule has 0 saturated heterocycles. The summed E-state index contributed by atoms with van der Waals surface area (Å²) in [7, 11) is 0. The Balaban J connectivity index is 1.61. The lowest BCUT2D eigenvalue weighted by Gasteiger charge is -2.23. The highest BCUT2D eigenvalue weighted by molar-refractivity contribution is 5.96. The number of Topliss-reactive ketones (excluding diaryl/α,β-unsaturated/α-hetero) is 1. The molecule has 1 atom stereocenters. The van der Waals surface area contributed by atoms with Crippen molar-refractivity contribution in [3.8, 4) is 0 Å². The average molecular weight is 359 g/mol. The van der Waals surface area contributed by atoms with E-state index in [9.17, 15) is 4.79 Å². The van der Waals surface area contributed by atoms with Crippen molar-refractivity contribution in [2.24, 2.45) is 0 Å². The topological polar surface area (TPSA) is 17.1 Å². The van der Waals surface area contributed by atoms with E-state index in [1.165, 1.54) is 60.8 Å².